The number of nitrogens with one attached hydrogen (secondary N) is 2. The SMILES string of the molecule is CCSC1(CNC(=NC)NCCc2ccccn2)CCOCC1.I. The molecule has 0 amide bonds. The van der Waals surface area contributed by atoms with E-state index in [1.165, 1.54) is 0 Å². The summed E-state index contributed by atoms with van der Waals surface area (Å²) in [6.07, 6.45) is 4.93. The van der Waals surface area contributed by atoms with Crippen LogP contribution in [0.3, 0.4) is 0 Å². The van der Waals surface area contributed by atoms with E-state index in [1.54, 1.807) is 0 Å². The molecule has 2 N–H and O–H groups in total. The fraction of sp³-hybridized carbons (Fsp3) is 0.647. The summed E-state index contributed by atoms with van der Waals surface area (Å²) in [5.41, 5.74) is 1.10. The Morgan fingerprint density at radius 1 is 1.33 bits per heavy atom. The van der Waals surface area contributed by atoms with Gasteiger partial charge in [0, 0.05) is 56.4 Å². The van der Waals surface area contributed by atoms with Crippen molar-refractivity contribution in [2.24, 2.45) is 4.99 Å². The van der Waals surface area contributed by atoms with Gasteiger partial charge in [0.1, 0.15) is 0 Å². The predicted octanol–water partition coefficient (Wildman–Crippen LogP) is 2.71. The minimum absolute atomic E-state index is 0. The number of halogens is 1. The van der Waals surface area contributed by atoms with Crippen LogP contribution >= 0.6 is 35.7 Å². The van der Waals surface area contributed by atoms with Crippen LogP contribution in [0.1, 0.15) is 25.5 Å². The minimum Gasteiger partial charge on any atom is -0.381 e. The Kier molecular flexibility index (Phi) is 10.7. The van der Waals surface area contributed by atoms with Crippen LogP contribution in [-0.2, 0) is 11.2 Å². The van der Waals surface area contributed by atoms with Crippen molar-refractivity contribution < 1.29 is 4.74 Å². The standard InChI is InChI=1S/C17H28N4OS.HI/c1-3-23-17(8-12-22-13-9-17)14-21-16(18-2)20-11-7-15-6-4-5-10-19-15;/h4-6,10H,3,7-9,11-14H2,1-2H3,(H2,18,20,21);1H. The minimum atomic E-state index is 0. The van der Waals surface area contributed by atoms with Gasteiger partial charge in [-0.05, 0) is 30.7 Å². The van der Waals surface area contributed by atoms with E-state index in [9.17, 15) is 0 Å². The third kappa shape index (κ3) is 7.14. The summed E-state index contributed by atoms with van der Waals surface area (Å²) in [6.45, 7) is 5.70. The maximum Gasteiger partial charge on any atom is 0.191 e. The molecule has 1 aromatic rings. The fourth-order valence-corrected chi connectivity index (χ4v) is 3.98. The Morgan fingerprint density at radius 3 is 2.75 bits per heavy atom. The second kappa shape index (κ2) is 11.9. The van der Waals surface area contributed by atoms with Crippen LogP contribution in [0.2, 0.25) is 0 Å². The molecule has 1 aliphatic rings. The molecule has 1 aliphatic heterocycles. The highest BCUT2D eigenvalue weighted by Gasteiger charge is 2.32. The monoisotopic (exact) mass is 464 g/mol. The number of rotatable bonds is 7. The first-order valence-corrected chi connectivity index (χ1v) is 9.33. The van der Waals surface area contributed by atoms with Gasteiger partial charge in [-0.25, -0.2) is 0 Å². The molecular formula is C17H29IN4OS. The number of hydrogen-bond donors (Lipinski definition) is 2. The van der Waals surface area contributed by atoms with Gasteiger partial charge in [-0.3, -0.25) is 9.98 Å². The lowest BCUT2D eigenvalue weighted by molar-refractivity contribution is 0.0782. The highest BCUT2D eigenvalue weighted by atomic mass is 127. The summed E-state index contributed by atoms with van der Waals surface area (Å²) in [5.74, 6) is 2.00. The van der Waals surface area contributed by atoms with E-state index < -0.39 is 0 Å². The summed E-state index contributed by atoms with van der Waals surface area (Å²) in [6, 6.07) is 6.01. The second-order valence-corrected chi connectivity index (χ2v) is 7.38. The first-order valence-electron chi connectivity index (χ1n) is 8.34. The Bertz CT molecular complexity index is 475. The molecule has 0 spiro atoms. The van der Waals surface area contributed by atoms with Gasteiger partial charge in [0.25, 0.3) is 0 Å². The molecule has 24 heavy (non-hydrogen) atoms. The topological polar surface area (TPSA) is 58.5 Å². The van der Waals surface area contributed by atoms with E-state index >= 15 is 0 Å². The largest absolute Gasteiger partial charge is 0.381 e. The number of aliphatic imine (C=N–C) groups is 1. The van der Waals surface area contributed by atoms with Crippen LogP contribution in [0.15, 0.2) is 29.4 Å². The van der Waals surface area contributed by atoms with Crippen LogP contribution < -0.4 is 10.6 Å². The van der Waals surface area contributed by atoms with Gasteiger partial charge in [0.15, 0.2) is 5.96 Å². The summed E-state index contributed by atoms with van der Waals surface area (Å²) >= 11 is 2.04. The van der Waals surface area contributed by atoms with E-state index in [0.717, 1.165) is 63.0 Å². The molecule has 2 heterocycles. The fourth-order valence-electron chi connectivity index (χ4n) is 2.74. The Labute approximate surface area is 166 Å². The lowest BCUT2D eigenvalue weighted by atomic mass is 9.99. The molecule has 1 fully saturated rings. The Balaban J connectivity index is 0.00000288. The van der Waals surface area contributed by atoms with Gasteiger partial charge in [0.2, 0.25) is 0 Å². The quantitative estimate of drug-likeness (QED) is 0.369. The summed E-state index contributed by atoms with van der Waals surface area (Å²) in [5, 5.41) is 6.87. The molecule has 0 unspecified atom stereocenters. The van der Waals surface area contributed by atoms with Gasteiger partial charge in [-0.2, -0.15) is 11.8 Å². The summed E-state index contributed by atoms with van der Waals surface area (Å²) in [4.78, 5) is 8.67. The maximum absolute atomic E-state index is 5.52. The molecule has 2 rings (SSSR count). The molecule has 0 radical (unpaired) electrons. The van der Waals surface area contributed by atoms with Crippen molar-refractivity contribution in [1.29, 1.82) is 0 Å². The second-order valence-electron chi connectivity index (χ2n) is 5.65. The zero-order valence-corrected chi connectivity index (χ0v) is 17.7. The molecule has 1 aromatic heterocycles. The first kappa shape index (κ1) is 21.5. The molecule has 7 heteroatoms. The third-order valence-corrected chi connectivity index (χ3v) is 5.51. The summed E-state index contributed by atoms with van der Waals surface area (Å²) < 4.78 is 5.79. The molecule has 0 atom stereocenters. The highest BCUT2D eigenvalue weighted by molar-refractivity contribution is 14.0. The Hall–Kier alpha value is -0.540. The molecule has 0 aliphatic carbocycles. The average Bonchev–Trinajstić information content (AvgIpc) is 2.60. The lowest BCUT2D eigenvalue weighted by Crippen LogP contribution is -2.48. The number of hydrogen-bond acceptors (Lipinski definition) is 4. The van der Waals surface area contributed by atoms with Crippen molar-refractivity contribution in [3.63, 3.8) is 0 Å². The Morgan fingerprint density at radius 2 is 2.12 bits per heavy atom. The summed E-state index contributed by atoms with van der Waals surface area (Å²) in [7, 11) is 1.82. The van der Waals surface area contributed by atoms with Crippen LogP contribution in [0.25, 0.3) is 0 Å². The lowest BCUT2D eigenvalue weighted by Gasteiger charge is -2.37. The number of pyridine rings is 1. The average molecular weight is 464 g/mol. The number of ether oxygens (including phenoxy) is 1. The van der Waals surface area contributed by atoms with E-state index in [-0.39, 0.29) is 28.7 Å². The van der Waals surface area contributed by atoms with E-state index in [1.807, 2.05) is 43.2 Å². The van der Waals surface area contributed by atoms with E-state index in [2.05, 4.69) is 27.5 Å². The van der Waals surface area contributed by atoms with Crippen LogP contribution in [0.5, 0.6) is 0 Å². The van der Waals surface area contributed by atoms with Crippen molar-refractivity contribution in [3.05, 3.63) is 30.1 Å². The zero-order chi connectivity index (χ0) is 16.4. The van der Waals surface area contributed by atoms with Crippen molar-refractivity contribution in [1.82, 2.24) is 15.6 Å². The third-order valence-electron chi connectivity index (χ3n) is 4.06. The van der Waals surface area contributed by atoms with E-state index in [4.69, 9.17) is 4.74 Å². The molecule has 1 saturated heterocycles. The van der Waals surface area contributed by atoms with Gasteiger partial charge in [-0.15, -0.1) is 24.0 Å². The van der Waals surface area contributed by atoms with Crippen LogP contribution in [0, 0.1) is 0 Å². The molecular weight excluding hydrogens is 435 g/mol. The molecule has 0 aromatic carbocycles. The molecule has 136 valence electrons. The van der Waals surface area contributed by atoms with Gasteiger partial charge in [0.05, 0.1) is 0 Å². The van der Waals surface area contributed by atoms with Crippen molar-refractivity contribution >= 4 is 41.7 Å². The molecule has 5 nitrogen and oxygen atoms in total. The van der Waals surface area contributed by atoms with Gasteiger partial charge < -0.3 is 15.4 Å². The van der Waals surface area contributed by atoms with E-state index in [0.29, 0.717) is 0 Å². The number of guanidine groups is 1. The highest BCUT2D eigenvalue weighted by Crippen LogP contribution is 2.34. The number of nitrogens with zero attached hydrogens (tertiary/aromatic N) is 2. The number of aromatic nitrogens is 1. The first-order chi connectivity index (χ1) is 11.3. The van der Waals surface area contributed by atoms with Crippen LogP contribution in [0.4, 0.5) is 0 Å². The normalized spacial score (nSPS) is 17.0. The van der Waals surface area contributed by atoms with Crippen molar-refractivity contribution in [3.8, 4) is 0 Å². The predicted molar refractivity (Wildman–Crippen MR) is 114 cm³/mol. The van der Waals surface area contributed by atoms with Crippen molar-refractivity contribution in [2.75, 3.05) is 39.1 Å². The zero-order valence-electron chi connectivity index (χ0n) is 14.6. The molecule has 0 saturated carbocycles. The number of thioether (sulfide) groups is 1. The maximum atomic E-state index is 5.52. The smallest absolute Gasteiger partial charge is 0.191 e. The van der Waals surface area contributed by atoms with Crippen LogP contribution in [-0.4, -0.2) is 54.8 Å². The van der Waals surface area contributed by atoms with Gasteiger partial charge >= 0.3 is 0 Å². The van der Waals surface area contributed by atoms with Gasteiger partial charge in [-0.1, -0.05) is 13.0 Å². The molecule has 0 bridgehead atoms. The van der Waals surface area contributed by atoms with Crippen molar-refractivity contribution in [2.45, 2.75) is 30.9 Å².